The van der Waals surface area contributed by atoms with E-state index in [-0.39, 0.29) is 17.0 Å². The average molecular weight is 419 g/mol. The van der Waals surface area contributed by atoms with Crippen molar-refractivity contribution >= 4 is 22.0 Å². The second kappa shape index (κ2) is 6.62. The number of halogens is 3. The van der Waals surface area contributed by atoms with Crippen molar-refractivity contribution in [2.24, 2.45) is 7.05 Å². The number of pyridine rings is 2. The predicted molar refractivity (Wildman–Crippen MR) is 100 cm³/mol. The van der Waals surface area contributed by atoms with Crippen molar-refractivity contribution in [1.82, 2.24) is 19.5 Å². The Morgan fingerprint density at radius 2 is 2.00 bits per heavy atom. The zero-order valence-electron chi connectivity index (χ0n) is 15.6. The van der Waals surface area contributed by atoms with E-state index in [0.717, 1.165) is 25.1 Å². The van der Waals surface area contributed by atoms with Crippen LogP contribution in [0.4, 0.5) is 13.2 Å². The van der Waals surface area contributed by atoms with E-state index >= 15 is 0 Å². The molecule has 6 nitrogen and oxygen atoms in total. The molecule has 29 heavy (non-hydrogen) atoms. The van der Waals surface area contributed by atoms with E-state index in [4.69, 9.17) is 0 Å². The molecule has 0 aliphatic heterocycles. The zero-order chi connectivity index (χ0) is 21.0. The lowest BCUT2D eigenvalue weighted by Crippen LogP contribution is -2.09. The van der Waals surface area contributed by atoms with Gasteiger partial charge in [0.05, 0.1) is 32.7 Å². The molecule has 0 aromatic carbocycles. The number of nitriles is 1. The lowest BCUT2D eigenvalue weighted by Gasteiger charge is -2.12. The summed E-state index contributed by atoms with van der Waals surface area (Å²) in [6, 6.07) is 4.94. The molecule has 10 heteroatoms. The smallest absolute Gasteiger partial charge is 0.310 e. The number of hydrogen-bond acceptors (Lipinski definition) is 5. The van der Waals surface area contributed by atoms with Crippen LogP contribution < -0.4 is 0 Å². The van der Waals surface area contributed by atoms with Crippen LogP contribution in [0, 0.1) is 11.3 Å². The van der Waals surface area contributed by atoms with Crippen LogP contribution in [0.25, 0.3) is 22.7 Å². The molecule has 1 saturated carbocycles. The minimum absolute atomic E-state index is 0.0760. The maximum absolute atomic E-state index is 13.0. The van der Waals surface area contributed by atoms with Crippen LogP contribution in [0.15, 0.2) is 29.4 Å². The van der Waals surface area contributed by atoms with Gasteiger partial charge in [-0.05, 0) is 30.5 Å². The number of fused-ring (bicyclic) bond motifs is 1. The highest BCUT2D eigenvalue weighted by Crippen LogP contribution is 2.48. The summed E-state index contributed by atoms with van der Waals surface area (Å²) in [4.78, 5) is 13.0. The van der Waals surface area contributed by atoms with E-state index in [1.54, 1.807) is 26.2 Å². The van der Waals surface area contributed by atoms with Crippen molar-refractivity contribution in [1.29, 1.82) is 5.26 Å². The Morgan fingerprint density at radius 1 is 1.28 bits per heavy atom. The van der Waals surface area contributed by atoms with Gasteiger partial charge in [-0.15, -0.1) is 0 Å². The Bertz CT molecular complexity index is 1190. The topological polar surface area (TPSA) is 84.5 Å². The van der Waals surface area contributed by atoms with Crippen LogP contribution >= 0.6 is 0 Å². The van der Waals surface area contributed by atoms with Gasteiger partial charge >= 0.3 is 6.18 Å². The van der Waals surface area contributed by atoms with E-state index in [1.165, 1.54) is 4.57 Å². The predicted octanol–water partition coefficient (Wildman–Crippen LogP) is 3.73. The fourth-order valence-corrected chi connectivity index (χ4v) is 4.17. The Balaban J connectivity index is 1.90. The van der Waals surface area contributed by atoms with Gasteiger partial charge in [0.15, 0.2) is 11.5 Å². The first kappa shape index (κ1) is 19.5. The van der Waals surface area contributed by atoms with Gasteiger partial charge in [0.2, 0.25) is 0 Å². The summed E-state index contributed by atoms with van der Waals surface area (Å²) >= 11 is 0. The fraction of sp³-hybridized carbons (Fsp3) is 0.368. The van der Waals surface area contributed by atoms with Gasteiger partial charge in [-0.3, -0.25) is 9.19 Å². The van der Waals surface area contributed by atoms with Crippen molar-refractivity contribution in [3.05, 3.63) is 35.7 Å². The molecule has 0 spiro atoms. The minimum atomic E-state index is -4.52. The maximum Gasteiger partial charge on any atom is 0.417 e. The number of nitrogens with zero attached hydrogens (tertiary/aromatic N) is 5. The maximum atomic E-state index is 13.0. The molecule has 1 fully saturated rings. The van der Waals surface area contributed by atoms with Crippen LogP contribution in [-0.4, -0.2) is 29.5 Å². The highest BCUT2D eigenvalue weighted by Gasteiger charge is 2.45. The number of aromatic nitrogens is 4. The van der Waals surface area contributed by atoms with E-state index < -0.39 is 28.0 Å². The largest absolute Gasteiger partial charge is 0.417 e. The van der Waals surface area contributed by atoms with Crippen LogP contribution in [0.1, 0.15) is 30.9 Å². The summed E-state index contributed by atoms with van der Waals surface area (Å²) in [5, 5.41) is 9.44. The molecule has 0 N–H and O–H groups in total. The molecule has 1 aliphatic carbocycles. The summed E-state index contributed by atoms with van der Waals surface area (Å²) in [6.45, 7) is 1.76. The molecule has 0 radical (unpaired) electrons. The highest BCUT2D eigenvalue weighted by atomic mass is 32.2. The Hall–Kier alpha value is -2.80. The van der Waals surface area contributed by atoms with Crippen LogP contribution in [0.2, 0.25) is 0 Å². The van der Waals surface area contributed by atoms with Crippen molar-refractivity contribution in [3.63, 3.8) is 0 Å². The summed E-state index contributed by atoms with van der Waals surface area (Å²) in [5.41, 5.74) is -0.114. The zero-order valence-corrected chi connectivity index (χ0v) is 16.4. The first-order chi connectivity index (χ1) is 13.7. The average Bonchev–Trinajstić information content (AvgIpc) is 3.44. The molecular formula is C19H16F3N5OS. The summed E-state index contributed by atoms with van der Waals surface area (Å²) in [6.07, 6.45) is -0.753. The third-order valence-electron chi connectivity index (χ3n) is 5.12. The van der Waals surface area contributed by atoms with E-state index in [0.29, 0.717) is 21.9 Å². The van der Waals surface area contributed by atoms with Crippen molar-refractivity contribution in [2.75, 3.05) is 5.75 Å². The van der Waals surface area contributed by atoms with Crippen molar-refractivity contribution < 1.29 is 17.4 Å². The molecule has 0 bridgehead atoms. The molecule has 1 aliphatic rings. The number of hydrogen-bond donors (Lipinski definition) is 0. The molecule has 3 heterocycles. The lowest BCUT2D eigenvalue weighted by molar-refractivity contribution is -0.137. The molecule has 3 aromatic rings. The molecule has 1 unspecified atom stereocenters. The molecule has 4 rings (SSSR count). The lowest BCUT2D eigenvalue weighted by atomic mass is 9.99. The monoisotopic (exact) mass is 419 g/mol. The summed E-state index contributed by atoms with van der Waals surface area (Å²) in [7, 11) is 0.226. The summed E-state index contributed by atoms with van der Waals surface area (Å²) < 4.78 is 53.2. The van der Waals surface area contributed by atoms with Crippen LogP contribution in [-0.2, 0) is 29.4 Å². The van der Waals surface area contributed by atoms with Gasteiger partial charge in [0.1, 0.15) is 11.2 Å². The number of alkyl halides is 3. The second-order valence-corrected chi connectivity index (χ2v) is 8.67. The summed E-state index contributed by atoms with van der Waals surface area (Å²) in [5.74, 6) is 0.606. The first-order valence-electron chi connectivity index (χ1n) is 8.90. The molecule has 0 saturated heterocycles. The van der Waals surface area contributed by atoms with Gasteiger partial charge in [-0.25, -0.2) is 9.97 Å². The molecular weight excluding hydrogens is 403 g/mol. The van der Waals surface area contributed by atoms with Gasteiger partial charge in [0.25, 0.3) is 0 Å². The molecule has 3 aromatic heterocycles. The standard InChI is InChI=1S/C19H16F3N5OS/c1-3-29(28)14-7-11(18(10-23)4-5-18)8-24-15(14)17-26-13-6-12(19(20,21)22)9-25-16(13)27(17)2/h6-9H,3-5H2,1-2H3. The molecule has 150 valence electrons. The quantitative estimate of drug-likeness (QED) is 0.643. The SMILES string of the molecule is CCS(=O)c1cc(C2(C#N)CC2)cnc1-c1nc2cc(C(F)(F)F)cnc2n1C. The van der Waals surface area contributed by atoms with E-state index in [2.05, 4.69) is 21.0 Å². The Kier molecular flexibility index (Phi) is 4.46. The number of imidazole rings is 1. The molecule has 1 atom stereocenters. The van der Waals surface area contributed by atoms with E-state index in [1.807, 2.05) is 0 Å². The minimum Gasteiger partial charge on any atom is -0.310 e. The highest BCUT2D eigenvalue weighted by molar-refractivity contribution is 7.85. The Morgan fingerprint density at radius 3 is 2.59 bits per heavy atom. The fourth-order valence-electron chi connectivity index (χ4n) is 3.24. The Labute approximate surface area is 166 Å². The third kappa shape index (κ3) is 3.19. The number of aryl methyl sites for hydroxylation is 1. The first-order valence-corrected chi connectivity index (χ1v) is 10.2. The van der Waals surface area contributed by atoms with Gasteiger partial charge in [-0.2, -0.15) is 18.4 Å². The second-order valence-electron chi connectivity index (χ2n) is 6.96. The van der Waals surface area contributed by atoms with Gasteiger partial charge in [-0.1, -0.05) is 6.92 Å². The van der Waals surface area contributed by atoms with Gasteiger partial charge < -0.3 is 4.57 Å². The third-order valence-corrected chi connectivity index (χ3v) is 6.45. The van der Waals surface area contributed by atoms with Crippen molar-refractivity contribution in [3.8, 4) is 17.6 Å². The van der Waals surface area contributed by atoms with E-state index in [9.17, 15) is 22.6 Å². The van der Waals surface area contributed by atoms with Crippen LogP contribution in [0.3, 0.4) is 0 Å². The van der Waals surface area contributed by atoms with Gasteiger partial charge in [0, 0.05) is 25.2 Å². The number of rotatable bonds is 4. The molecule has 0 amide bonds. The van der Waals surface area contributed by atoms with Crippen molar-refractivity contribution in [2.45, 2.75) is 36.3 Å². The normalized spacial score (nSPS) is 16.6. The van der Waals surface area contributed by atoms with Crippen LogP contribution in [0.5, 0.6) is 0 Å².